The van der Waals surface area contributed by atoms with Crippen molar-refractivity contribution in [2.45, 2.75) is 57.9 Å². The molecule has 2 aliphatic carbocycles. The smallest absolute Gasteiger partial charge is 0.229 e. The fourth-order valence-corrected chi connectivity index (χ4v) is 3.66. The molecule has 0 aliphatic heterocycles. The molecule has 6 heteroatoms. The minimum atomic E-state index is 0.0316. The molecule has 2 amide bonds. The Morgan fingerprint density at radius 1 is 1.27 bits per heavy atom. The number of thiazole rings is 1. The molecule has 0 radical (unpaired) electrons. The minimum absolute atomic E-state index is 0.0316. The summed E-state index contributed by atoms with van der Waals surface area (Å²) in [6, 6.07) is 0.300. The first-order valence-corrected chi connectivity index (χ1v) is 9.04. The molecule has 2 fully saturated rings. The van der Waals surface area contributed by atoms with Gasteiger partial charge in [0.1, 0.15) is 0 Å². The van der Waals surface area contributed by atoms with Crippen LogP contribution in [0.25, 0.3) is 0 Å². The summed E-state index contributed by atoms with van der Waals surface area (Å²) in [5.41, 5.74) is 0.733. The lowest BCUT2D eigenvalue weighted by Crippen LogP contribution is -2.41. The van der Waals surface area contributed by atoms with Crippen LogP contribution in [0.3, 0.4) is 0 Å². The second kappa shape index (κ2) is 6.77. The summed E-state index contributed by atoms with van der Waals surface area (Å²) in [4.78, 5) is 28.2. The Kier molecular flexibility index (Phi) is 4.76. The van der Waals surface area contributed by atoms with E-state index in [0.717, 1.165) is 25.0 Å². The molecule has 1 heterocycles. The Bertz CT molecular complexity index is 553. The Labute approximate surface area is 134 Å². The number of aromatic nitrogens is 1. The molecule has 1 aromatic heterocycles. The molecule has 2 aliphatic rings. The number of carbonyl (C=O) groups is 2. The quantitative estimate of drug-likeness (QED) is 0.876. The monoisotopic (exact) mass is 321 g/mol. The molecule has 1 aromatic rings. The van der Waals surface area contributed by atoms with Crippen molar-refractivity contribution in [2.75, 3.05) is 5.32 Å². The van der Waals surface area contributed by atoms with Crippen LogP contribution in [0.1, 0.15) is 51.1 Å². The molecule has 22 heavy (non-hydrogen) atoms. The number of hydrogen-bond acceptors (Lipinski definition) is 4. The molecule has 120 valence electrons. The lowest BCUT2D eigenvalue weighted by Gasteiger charge is -2.29. The zero-order valence-corrected chi connectivity index (χ0v) is 13.7. The highest BCUT2D eigenvalue weighted by molar-refractivity contribution is 7.13. The van der Waals surface area contributed by atoms with Gasteiger partial charge in [-0.3, -0.25) is 9.59 Å². The van der Waals surface area contributed by atoms with Crippen LogP contribution in [-0.4, -0.2) is 22.8 Å². The highest BCUT2D eigenvalue weighted by Crippen LogP contribution is 2.30. The lowest BCUT2D eigenvalue weighted by molar-refractivity contribution is -0.121. The van der Waals surface area contributed by atoms with Gasteiger partial charge in [-0.2, -0.15) is 0 Å². The second-order valence-electron chi connectivity index (χ2n) is 6.52. The first-order valence-electron chi connectivity index (χ1n) is 8.16. The predicted molar refractivity (Wildman–Crippen MR) is 86.7 cm³/mol. The van der Waals surface area contributed by atoms with Crippen LogP contribution >= 0.6 is 11.3 Å². The molecule has 2 saturated carbocycles. The van der Waals surface area contributed by atoms with Crippen molar-refractivity contribution in [1.82, 2.24) is 10.3 Å². The van der Waals surface area contributed by atoms with E-state index in [1.807, 2.05) is 5.38 Å². The van der Waals surface area contributed by atoms with Gasteiger partial charge in [-0.25, -0.2) is 4.98 Å². The Morgan fingerprint density at radius 3 is 2.77 bits per heavy atom. The number of rotatable bonds is 5. The third-order valence-corrected chi connectivity index (χ3v) is 5.34. The van der Waals surface area contributed by atoms with Crippen LogP contribution in [0.15, 0.2) is 5.38 Å². The summed E-state index contributed by atoms with van der Waals surface area (Å²) < 4.78 is 0. The van der Waals surface area contributed by atoms with Crippen molar-refractivity contribution in [1.29, 1.82) is 0 Å². The fraction of sp³-hybridized carbons (Fsp3) is 0.688. The maximum Gasteiger partial charge on any atom is 0.229 e. The lowest BCUT2D eigenvalue weighted by atomic mass is 9.86. The highest BCUT2D eigenvalue weighted by Gasteiger charge is 2.30. The molecule has 5 nitrogen and oxygen atoms in total. The van der Waals surface area contributed by atoms with Gasteiger partial charge in [0.05, 0.1) is 12.1 Å². The topological polar surface area (TPSA) is 71.1 Å². The number of hydrogen-bond donors (Lipinski definition) is 2. The molecule has 3 rings (SSSR count). The van der Waals surface area contributed by atoms with Crippen LogP contribution < -0.4 is 10.6 Å². The molecule has 0 spiro atoms. The van der Waals surface area contributed by atoms with Crippen molar-refractivity contribution in [3.8, 4) is 0 Å². The molecule has 2 N–H and O–H groups in total. The van der Waals surface area contributed by atoms with E-state index in [4.69, 9.17) is 0 Å². The molecule has 0 saturated heterocycles. The van der Waals surface area contributed by atoms with Gasteiger partial charge in [0, 0.05) is 17.3 Å². The van der Waals surface area contributed by atoms with Crippen molar-refractivity contribution in [2.24, 2.45) is 11.8 Å². The summed E-state index contributed by atoms with van der Waals surface area (Å²) in [7, 11) is 0. The van der Waals surface area contributed by atoms with E-state index < -0.39 is 0 Å². The molecule has 0 unspecified atom stereocenters. The van der Waals surface area contributed by atoms with Crippen LogP contribution in [0, 0.1) is 11.8 Å². The third kappa shape index (κ3) is 4.06. The normalized spacial score (nSPS) is 24.8. The van der Waals surface area contributed by atoms with Gasteiger partial charge < -0.3 is 10.6 Å². The molecular weight excluding hydrogens is 298 g/mol. The largest absolute Gasteiger partial charge is 0.353 e. The molecule has 0 aromatic carbocycles. The van der Waals surface area contributed by atoms with Gasteiger partial charge >= 0.3 is 0 Å². The van der Waals surface area contributed by atoms with Gasteiger partial charge in [-0.1, -0.05) is 19.8 Å². The predicted octanol–water partition coefficient (Wildman–Crippen LogP) is 2.73. The molecular formula is C16H23N3O2S. The van der Waals surface area contributed by atoms with Gasteiger partial charge in [0.25, 0.3) is 0 Å². The van der Waals surface area contributed by atoms with Crippen LogP contribution in [0.2, 0.25) is 0 Å². The number of nitrogens with one attached hydrogen (secondary N) is 2. The maximum atomic E-state index is 12.1. The van der Waals surface area contributed by atoms with Gasteiger partial charge in [0.15, 0.2) is 5.13 Å². The van der Waals surface area contributed by atoms with Crippen molar-refractivity contribution >= 4 is 28.3 Å². The Morgan fingerprint density at radius 2 is 2.05 bits per heavy atom. The number of carbonyl (C=O) groups excluding carboxylic acids is 2. The second-order valence-corrected chi connectivity index (χ2v) is 7.38. The number of anilines is 1. The van der Waals surface area contributed by atoms with Crippen molar-refractivity contribution < 1.29 is 9.59 Å². The zero-order valence-electron chi connectivity index (χ0n) is 12.9. The van der Waals surface area contributed by atoms with E-state index in [-0.39, 0.29) is 17.7 Å². The highest BCUT2D eigenvalue weighted by atomic mass is 32.1. The van der Waals surface area contributed by atoms with Gasteiger partial charge in [0.2, 0.25) is 11.8 Å². The SMILES string of the molecule is C[C@@H]1CCCC[C@H]1NC(=O)Cc1csc(NC(=O)C2CC2)n1. The van der Waals surface area contributed by atoms with Crippen LogP contribution in [0.5, 0.6) is 0 Å². The van der Waals surface area contributed by atoms with E-state index >= 15 is 0 Å². The average molecular weight is 321 g/mol. The maximum absolute atomic E-state index is 12.1. The Hall–Kier alpha value is -1.43. The van der Waals surface area contributed by atoms with E-state index in [1.165, 1.54) is 30.6 Å². The first-order chi connectivity index (χ1) is 10.6. The summed E-state index contributed by atoms with van der Waals surface area (Å²) in [6.45, 7) is 2.21. The van der Waals surface area contributed by atoms with E-state index in [2.05, 4.69) is 22.5 Å². The fourth-order valence-electron chi connectivity index (χ4n) is 2.95. The summed E-state index contributed by atoms with van der Waals surface area (Å²) >= 11 is 1.39. The van der Waals surface area contributed by atoms with Gasteiger partial charge in [-0.15, -0.1) is 11.3 Å². The minimum Gasteiger partial charge on any atom is -0.353 e. The van der Waals surface area contributed by atoms with E-state index in [9.17, 15) is 9.59 Å². The number of nitrogens with zero attached hydrogens (tertiary/aromatic N) is 1. The molecule has 2 atom stereocenters. The van der Waals surface area contributed by atoms with E-state index in [0.29, 0.717) is 23.5 Å². The average Bonchev–Trinajstić information content (AvgIpc) is 3.25. The zero-order chi connectivity index (χ0) is 15.5. The Balaban J connectivity index is 1.48. The number of amides is 2. The van der Waals surface area contributed by atoms with E-state index in [1.54, 1.807) is 0 Å². The van der Waals surface area contributed by atoms with Crippen LogP contribution in [-0.2, 0) is 16.0 Å². The summed E-state index contributed by atoms with van der Waals surface area (Å²) in [5, 5.41) is 8.41. The van der Waals surface area contributed by atoms with Crippen LogP contribution in [0.4, 0.5) is 5.13 Å². The van der Waals surface area contributed by atoms with Gasteiger partial charge in [-0.05, 0) is 31.6 Å². The summed E-state index contributed by atoms with van der Waals surface area (Å²) in [5.74, 6) is 0.815. The summed E-state index contributed by atoms with van der Waals surface area (Å²) in [6.07, 6.45) is 6.98. The molecule has 0 bridgehead atoms. The van der Waals surface area contributed by atoms with Crippen molar-refractivity contribution in [3.63, 3.8) is 0 Å². The standard InChI is InChI=1S/C16H23N3O2S/c1-10-4-2-3-5-13(10)18-14(20)8-12-9-22-16(17-12)19-15(21)11-6-7-11/h9-11,13H,2-8H2,1H3,(H,18,20)(H,17,19,21)/t10-,13-/m1/s1. The third-order valence-electron chi connectivity index (χ3n) is 4.53. The van der Waals surface area contributed by atoms with Crippen molar-refractivity contribution in [3.05, 3.63) is 11.1 Å². The first kappa shape index (κ1) is 15.5.